The Labute approximate surface area is 98.1 Å². The molecule has 3 aromatic rings. The monoisotopic (exact) mass is 228 g/mol. The first-order valence-electron chi connectivity index (χ1n) is 5.03. The Morgan fingerprint density at radius 3 is 2.62 bits per heavy atom. The average molecular weight is 229 g/mol. The topological polar surface area (TPSA) is 17.3 Å². The van der Waals surface area contributed by atoms with Gasteiger partial charge in [0.15, 0.2) is 0 Å². The van der Waals surface area contributed by atoms with E-state index < -0.39 is 0 Å². The third-order valence-corrected chi connectivity index (χ3v) is 2.84. The van der Waals surface area contributed by atoms with Gasteiger partial charge in [0.25, 0.3) is 0 Å². The molecule has 2 heterocycles. The van der Waals surface area contributed by atoms with Crippen LogP contribution >= 0.6 is 11.6 Å². The maximum absolute atomic E-state index is 6.14. The van der Waals surface area contributed by atoms with Crippen LogP contribution in [0.3, 0.4) is 0 Å². The van der Waals surface area contributed by atoms with Crippen LogP contribution in [0.5, 0.6) is 0 Å². The molecule has 3 rings (SSSR count). The zero-order valence-corrected chi connectivity index (χ0v) is 9.22. The number of rotatable bonds is 1. The molecule has 0 N–H and O–H groups in total. The molecule has 78 valence electrons. The molecular weight excluding hydrogens is 220 g/mol. The van der Waals surface area contributed by atoms with Gasteiger partial charge in [-0.15, -0.1) is 0 Å². The first kappa shape index (κ1) is 9.43. The smallest absolute Gasteiger partial charge is 0.137 e. The molecule has 0 aliphatic carbocycles. The fourth-order valence-electron chi connectivity index (χ4n) is 1.73. The number of fused-ring (bicyclic) bond motifs is 1. The van der Waals surface area contributed by atoms with Gasteiger partial charge >= 0.3 is 0 Å². The van der Waals surface area contributed by atoms with Gasteiger partial charge in [0, 0.05) is 18.0 Å². The second-order valence-corrected chi connectivity index (χ2v) is 3.98. The largest absolute Gasteiger partial charge is 0.306 e. The minimum absolute atomic E-state index is 0.728. The van der Waals surface area contributed by atoms with E-state index in [9.17, 15) is 0 Å². The predicted octanol–water partition coefficient (Wildman–Crippen LogP) is 3.65. The molecule has 2 nitrogen and oxygen atoms in total. The Morgan fingerprint density at radius 2 is 1.81 bits per heavy atom. The van der Waals surface area contributed by atoms with Crippen molar-refractivity contribution in [2.24, 2.45) is 0 Å². The molecule has 0 spiro atoms. The number of imidazole rings is 1. The molecule has 0 aliphatic rings. The summed E-state index contributed by atoms with van der Waals surface area (Å²) >= 11 is 6.14. The Balaban J connectivity index is 2.23. The quantitative estimate of drug-likeness (QED) is 0.621. The van der Waals surface area contributed by atoms with Gasteiger partial charge in [-0.05, 0) is 18.2 Å². The van der Waals surface area contributed by atoms with Crippen LogP contribution in [0.2, 0.25) is 5.02 Å². The fraction of sp³-hybridized carbons (Fsp3) is 0. The normalized spacial score (nSPS) is 10.8. The van der Waals surface area contributed by atoms with Crippen molar-refractivity contribution in [1.29, 1.82) is 0 Å². The van der Waals surface area contributed by atoms with E-state index in [1.165, 1.54) is 0 Å². The molecule has 0 saturated carbocycles. The second kappa shape index (κ2) is 3.65. The molecule has 0 fully saturated rings. The van der Waals surface area contributed by atoms with Gasteiger partial charge in [0.1, 0.15) is 5.65 Å². The minimum Gasteiger partial charge on any atom is -0.306 e. The van der Waals surface area contributed by atoms with E-state index in [1.807, 2.05) is 59.3 Å². The van der Waals surface area contributed by atoms with Crippen LogP contribution in [0.25, 0.3) is 16.9 Å². The Kier molecular flexibility index (Phi) is 2.15. The third kappa shape index (κ3) is 1.48. The summed E-state index contributed by atoms with van der Waals surface area (Å²) in [6.45, 7) is 0. The van der Waals surface area contributed by atoms with Crippen molar-refractivity contribution in [2.45, 2.75) is 0 Å². The highest BCUT2D eigenvalue weighted by Gasteiger charge is 2.06. The molecule has 0 radical (unpaired) electrons. The molecule has 1 aromatic carbocycles. The van der Waals surface area contributed by atoms with Crippen molar-refractivity contribution in [3.63, 3.8) is 0 Å². The lowest BCUT2D eigenvalue weighted by molar-refractivity contribution is 1.19. The number of hydrogen-bond acceptors (Lipinski definition) is 1. The van der Waals surface area contributed by atoms with Crippen molar-refractivity contribution < 1.29 is 0 Å². The predicted molar refractivity (Wildman–Crippen MR) is 65.6 cm³/mol. The van der Waals surface area contributed by atoms with Gasteiger partial charge in [-0.1, -0.05) is 35.9 Å². The van der Waals surface area contributed by atoms with Crippen molar-refractivity contribution in [3.05, 3.63) is 59.9 Å². The van der Waals surface area contributed by atoms with Crippen LogP contribution in [-0.4, -0.2) is 9.38 Å². The highest BCUT2D eigenvalue weighted by molar-refractivity contribution is 6.33. The highest BCUT2D eigenvalue weighted by Crippen LogP contribution is 2.26. The summed E-state index contributed by atoms with van der Waals surface area (Å²) in [5.41, 5.74) is 2.79. The number of halogens is 1. The van der Waals surface area contributed by atoms with Crippen LogP contribution < -0.4 is 0 Å². The van der Waals surface area contributed by atoms with E-state index in [0.29, 0.717) is 0 Å². The summed E-state index contributed by atoms with van der Waals surface area (Å²) < 4.78 is 1.98. The van der Waals surface area contributed by atoms with E-state index in [1.54, 1.807) is 0 Å². The van der Waals surface area contributed by atoms with Crippen LogP contribution in [0.4, 0.5) is 0 Å². The van der Waals surface area contributed by atoms with Gasteiger partial charge in [-0.3, -0.25) is 0 Å². The minimum atomic E-state index is 0.728. The zero-order chi connectivity index (χ0) is 11.0. The van der Waals surface area contributed by atoms with E-state index in [2.05, 4.69) is 4.98 Å². The van der Waals surface area contributed by atoms with Crippen molar-refractivity contribution in [1.82, 2.24) is 9.38 Å². The molecule has 0 aliphatic heterocycles. The SMILES string of the molecule is Clc1ccccc1-c1cn2ccccc2n1. The van der Waals surface area contributed by atoms with Crippen molar-refractivity contribution in [2.75, 3.05) is 0 Å². The Bertz CT molecular complexity index is 610. The Morgan fingerprint density at radius 1 is 1.00 bits per heavy atom. The van der Waals surface area contributed by atoms with E-state index in [-0.39, 0.29) is 0 Å². The fourth-order valence-corrected chi connectivity index (χ4v) is 1.97. The lowest BCUT2D eigenvalue weighted by atomic mass is 10.2. The molecule has 0 atom stereocenters. The van der Waals surface area contributed by atoms with Gasteiger partial charge in [-0.25, -0.2) is 4.98 Å². The van der Waals surface area contributed by atoms with Gasteiger partial charge in [-0.2, -0.15) is 0 Å². The first-order valence-corrected chi connectivity index (χ1v) is 5.41. The molecule has 0 amide bonds. The van der Waals surface area contributed by atoms with E-state index in [4.69, 9.17) is 11.6 Å². The molecule has 0 bridgehead atoms. The molecule has 16 heavy (non-hydrogen) atoms. The maximum atomic E-state index is 6.14. The van der Waals surface area contributed by atoms with Gasteiger partial charge in [0.05, 0.1) is 10.7 Å². The third-order valence-electron chi connectivity index (χ3n) is 2.51. The first-order chi connectivity index (χ1) is 7.84. The Hall–Kier alpha value is -1.80. The van der Waals surface area contributed by atoms with Crippen molar-refractivity contribution >= 4 is 17.2 Å². The van der Waals surface area contributed by atoms with Crippen LogP contribution in [0.1, 0.15) is 0 Å². The summed E-state index contributed by atoms with van der Waals surface area (Å²) in [6, 6.07) is 13.7. The lowest BCUT2D eigenvalue weighted by Gasteiger charge is -1.97. The van der Waals surface area contributed by atoms with Gasteiger partial charge < -0.3 is 4.40 Å². The number of nitrogens with zero attached hydrogens (tertiary/aromatic N) is 2. The molecule has 0 unspecified atom stereocenters. The summed E-state index contributed by atoms with van der Waals surface area (Å²) in [6.07, 6.45) is 3.96. The highest BCUT2D eigenvalue weighted by atomic mass is 35.5. The maximum Gasteiger partial charge on any atom is 0.137 e. The number of aromatic nitrogens is 2. The van der Waals surface area contributed by atoms with Gasteiger partial charge in [0.2, 0.25) is 0 Å². The number of benzene rings is 1. The zero-order valence-electron chi connectivity index (χ0n) is 8.47. The van der Waals surface area contributed by atoms with Crippen LogP contribution in [-0.2, 0) is 0 Å². The molecular formula is C13H9ClN2. The second-order valence-electron chi connectivity index (χ2n) is 3.57. The molecule has 0 saturated heterocycles. The lowest BCUT2D eigenvalue weighted by Crippen LogP contribution is -1.77. The summed E-state index contributed by atoms with van der Waals surface area (Å²) in [5.74, 6) is 0. The average Bonchev–Trinajstić information content (AvgIpc) is 2.73. The summed E-state index contributed by atoms with van der Waals surface area (Å²) in [7, 11) is 0. The molecule has 3 heteroatoms. The van der Waals surface area contributed by atoms with Crippen LogP contribution in [0.15, 0.2) is 54.9 Å². The van der Waals surface area contributed by atoms with E-state index >= 15 is 0 Å². The summed E-state index contributed by atoms with van der Waals surface area (Å²) in [5, 5.41) is 0.728. The van der Waals surface area contributed by atoms with Crippen LogP contribution in [0, 0.1) is 0 Å². The van der Waals surface area contributed by atoms with Crippen molar-refractivity contribution in [3.8, 4) is 11.3 Å². The van der Waals surface area contributed by atoms with E-state index in [0.717, 1.165) is 21.9 Å². The number of hydrogen-bond donors (Lipinski definition) is 0. The number of pyridine rings is 1. The standard InChI is InChI=1S/C13H9ClN2/c14-11-6-2-1-5-10(11)12-9-16-8-4-3-7-13(16)15-12/h1-9H. The molecule has 2 aromatic heterocycles. The summed E-state index contributed by atoms with van der Waals surface area (Å²) in [4.78, 5) is 4.52.